The summed E-state index contributed by atoms with van der Waals surface area (Å²) in [6, 6.07) is 6.32. The van der Waals surface area contributed by atoms with E-state index in [0.29, 0.717) is 23.2 Å². The van der Waals surface area contributed by atoms with Crippen LogP contribution in [0.3, 0.4) is 0 Å². The van der Waals surface area contributed by atoms with Crippen LogP contribution in [-0.2, 0) is 6.54 Å². The number of benzene rings is 2. The van der Waals surface area contributed by atoms with Crippen LogP contribution in [0.15, 0.2) is 30.3 Å². The highest BCUT2D eigenvalue weighted by Crippen LogP contribution is 2.32. The van der Waals surface area contributed by atoms with Gasteiger partial charge in [0.1, 0.15) is 5.82 Å². The van der Waals surface area contributed by atoms with Crippen molar-refractivity contribution >= 4 is 11.6 Å². The number of rotatable bonds is 4. The largest absolute Gasteiger partial charge is 0.310 e. The molecular formula is C16H15ClF3N. The SMILES string of the molecule is CC(C)NCc1cc(F)ccc1-c1cc(F)c(F)cc1Cl. The minimum Gasteiger partial charge on any atom is -0.310 e. The Morgan fingerprint density at radius 1 is 1.00 bits per heavy atom. The van der Waals surface area contributed by atoms with E-state index in [1.54, 1.807) is 0 Å². The molecule has 0 atom stereocenters. The molecule has 0 bridgehead atoms. The minimum absolute atomic E-state index is 0.0892. The molecule has 0 aliphatic rings. The molecule has 0 aliphatic carbocycles. The van der Waals surface area contributed by atoms with Gasteiger partial charge < -0.3 is 5.32 Å². The highest BCUT2D eigenvalue weighted by atomic mass is 35.5. The van der Waals surface area contributed by atoms with Crippen molar-refractivity contribution in [2.75, 3.05) is 0 Å². The third-order valence-corrected chi connectivity index (χ3v) is 3.38. The van der Waals surface area contributed by atoms with Gasteiger partial charge >= 0.3 is 0 Å². The van der Waals surface area contributed by atoms with E-state index >= 15 is 0 Å². The zero-order valence-corrected chi connectivity index (χ0v) is 12.4. The first kappa shape index (κ1) is 15.9. The van der Waals surface area contributed by atoms with E-state index in [1.165, 1.54) is 18.2 Å². The van der Waals surface area contributed by atoms with Gasteiger partial charge in [-0.05, 0) is 35.4 Å². The first-order valence-electron chi connectivity index (χ1n) is 6.55. The molecule has 0 unspecified atom stereocenters. The van der Waals surface area contributed by atoms with Gasteiger partial charge in [0.15, 0.2) is 11.6 Å². The van der Waals surface area contributed by atoms with Crippen LogP contribution in [0.5, 0.6) is 0 Å². The summed E-state index contributed by atoms with van der Waals surface area (Å²) in [5, 5.41) is 3.26. The maximum Gasteiger partial charge on any atom is 0.160 e. The molecule has 0 radical (unpaired) electrons. The van der Waals surface area contributed by atoms with Crippen molar-refractivity contribution in [1.29, 1.82) is 0 Å². The third kappa shape index (κ3) is 3.77. The summed E-state index contributed by atoms with van der Waals surface area (Å²) < 4.78 is 40.0. The molecule has 1 N–H and O–H groups in total. The Balaban J connectivity index is 2.50. The predicted octanol–water partition coefficient (Wildman–Crippen LogP) is 4.92. The molecule has 0 heterocycles. The highest BCUT2D eigenvalue weighted by Gasteiger charge is 2.14. The highest BCUT2D eigenvalue weighted by molar-refractivity contribution is 6.33. The van der Waals surface area contributed by atoms with Crippen LogP contribution in [0, 0.1) is 17.5 Å². The zero-order chi connectivity index (χ0) is 15.6. The smallest absolute Gasteiger partial charge is 0.160 e. The summed E-state index contributed by atoms with van der Waals surface area (Å²) >= 11 is 5.99. The molecule has 21 heavy (non-hydrogen) atoms. The Kier molecular flexibility index (Phi) is 4.91. The molecule has 0 spiro atoms. The minimum atomic E-state index is -1.01. The van der Waals surface area contributed by atoms with Crippen LogP contribution in [0.4, 0.5) is 13.2 Å². The maximum absolute atomic E-state index is 13.4. The normalized spacial score (nSPS) is 11.2. The van der Waals surface area contributed by atoms with Crippen molar-refractivity contribution in [2.24, 2.45) is 0 Å². The summed E-state index contributed by atoms with van der Waals surface area (Å²) in [6.07, 6.45) is 0. The molecular weight excluding hydrogens is 299 g/mol. The van der Waals surface area contributed by atoms with Gasteiger partial charge in [-0.2, -0.15) is 0 Å². The summed E-state index contributed by atoms with van der Waals surface area (Å²) in [7, 11) is 0. The van der Waals surface area contributed by atoms with E-state index in [0.717, 1.165) is 12.1 Å². The van der Waals surface area contributed by atoms with Gasteiger partial charge in [-0.1, -0.05) is 31.5 Å². The fourth-order valence-electron chi connectivity index (χ4n) is 2.01. The molecule has 112 valence electrons. The van der Waals surface area contributed by atoms with Gasteiger partial charge in [0.2, 0.25) is 0 Å². The second kappa shape index (κ2) is 6.50. The fourth-order valence-corrected chi connectivity index (χ4v) is 2.27. The van der Waals surface area contributed by atoms with Crippen LogP contribution in [-0.4, -0.2) is 6.04 Å². The van der Waals surface area contributed by atoms with E-state index in [2.05, 4.69) is 5.32 Å². The summed E-state index contributed by atoms with van der Waals surface area (Å²) in [6.45, 7) is 4.33. The topological polar surface area (TPSA) is 12.0 Å². The number of hydrogen-bond donors (Lipinski definition) is 1. The Morgan fingerprint density at radius 2 is 1.67 bits per heavy atom. The van der Waals surface area contributed by atoms with Gasteiger partial charge in [0, 0.05) is 18.2 Å². The Hall–Kier alpha value is -1.52. The van der Waals surface area contributed by atoms with Crippen LogP contribution in [0.25, 0.3) is 11.1 Å². The van der Waals surface area contributed by atoms with Gasteiger partial charge in [0.05, 0.1) is 5.02 Å². The van der Waals surface area contributed by atoms with Crippen LogP contribution < -0.4 is 5.32 Å². The lowest BCUT2D eigenvalue weighted by Crippen LogP contribution is -2.22. The predicted molar refractivity (Wildman–Crippen MR) is 78.7 cm³/mol. The Morgan fingerprint density at radius 3 is 2.33 bits per heavy atom. The molecule has 2 aromatic rings. The summed E-state index contributed by atoms with van der Waals surface area (Å²) in [4.78, 5) is 0. The second-order valence-corrected chi connectivity index (χ2v) is 5.49. The van der Waals surface area contributed by atoms with Crippen molar-refractivity contribution < 1.29 is 13.2 Å². The van der Waals surface area contributed by atoms with E-state index < -0.39 is 17.5 Å². The lowest BCUT2D eigenvalue weighted by Gasteiger charge is -2.14. The van der Waals surface area contributed by atoms with Crippen molar-refractivity contribution in [3.05, 3.63) is 58.4 Å². The van der Waals surface area contributed by atoms with Crippen LogP contribution >= 0.6 is 11.6 Å². The number of nitrogens with one attached hydrogen (secondary N) is 1. The monoisotopic (exact) mass is 313 g/mol. The van der Waals surface area contributed by atoms with Gasteiger partial charge in [-0.3, -0.25) is 0 Å². The van der Waals surface area contributed by atoms with E-state index in [4.69, 9.17) is 11.6 Å². The second-order valence-electron chi connectivity index (χ2n) is 5.08. The van der Waals surface area contributed by atoms with E-state index in [9.17, 15) is 13.2 Å². The average molecular weight is 314 g/mol. The molecule has 0 aliphatic heterocycles. The lowest BCUT2D eigenvalue weighted by molar-refractivity contribution is 0.509. The molecule has 2 rings (SSSR count). The van der Waals surface area contributed by atoms with Crippen molar-refractivity contribution in [1.82, 2.24) is 5.32 Å². The number of hydrogen-bond acceptors (Lipinski definition) is 1. The standard InChI is InChI=1S/C16H15ClF3N/c1-9(2)21-8-10-5-11(18)3-4-12(10)13-6-15(19)16(20)7-14(13)17/h3-7,9,21H,8H2,1-2H3. The van der Waals surface area contributed by atoms with Crippen LogP contribution in [0.1, 0.15) is 19.4 Å². The summed E-state index contributed by atoms with van der Waals surface area (Å²) in [5.41, 5.74) is 1.56. The maximum atomic E-state index is 13.4. The fraction of sp³-hybridized carbons (Fsp3) is 0.250. The molecule has 2 aromatic carbocycles. The number of halogens is 4. The van der Waals surface area contributed by atoms with Crippen LogP contribution in [0.2, 0.25) is 5.02 Å². The molecule has 0 aromatic heterocycles. The summed E-state index contributed by atoms with van der Waals surface area (Å²) in [5.74, 6) is -2.38. The van der Waals surface area contributed by atoms with E-state index in [1.807, 2.05) is 13.8 Å². The van der Waals surface area contributed by atoms with Gasteiger partial charge in [-0.15, -0.1) is 0 Å². The van der Waals surface area contributed by atoms with Gasteiger partial charge in [0.25, 0.3) is 0 Å². The first-order valence-corrected chi connectivity index (χ1v) is 6.93. The molecule has 0 saturated carbocycles. The third-order valence-electron chi connectivity index (χ3n) is 3.07. The Labute approximate surface area is 126 Å². The average Bonchev–Trinajstić information content (AvgIpc) is 2.41. The molecule has 0 saturated heterocycles. The van der Waals surface area contributed by atoms with Crippen molar-refractivity contribution in [3.63, 3.8) is 0 Å². The lowest BCUT2D eigenvalue weighted by atomic mass is 9.99. The molecule has 1 nitrogen and oxygen atoms in total. The first-order chi connectivity index (χ1) is 9.88. The zero-order valence-electron chi connectivity index (χ0n) is 11.7. The quantitative estimate of drug-likeness (QED) is 0.790. The van der Waals surface area contributed by atoms with E-state index in [-0.39, 0.29) is 11.1 Å². The van der Waals surface area contributed by atoms with Gasteiger partial charge in [-0.25, -0.2) is 13.2 Å². The van der Waals surface area contributed by atoms with Crippen molar-refractivity contribution in [2.45, 2.75) is 26.4 Å². The molecule has 0 amide bonds. The van der Waals surface area contributed by atoms with Crippen molar-refractivity contribution in [3.8, 4) is 11.1 Å². The molecule has 5 heteroatoms. The Bertz CT molecular complexity index is 656. The molecule has 0 fully saturated rings.